The van der Waals surface area contributed by atoms with E-state index in [-0.39, 0.29) is 0 Å². The molecule has 128 valence electrons. The van der Waals surface area contributed by atoms with Gasteiger partial charge in [0.25, 0.3) is 0 Å². The minimum absolute atomic E-state index is 0.771. The number of rotatable bonds is 5. The van der Waals surface area contributed by atoms with Crippen molar-refractivity contribution in [1.82, 2.24) is 9.55 Å². The van der Waals surface area contributed by atoms with E-state index in [1.807, 2.05) is 48.5 Å². The second kappa shape index (κ2) is 7.28. The second-order valence-electron chi connectivity index (χ2n) is 6.13. The van der Waals surface area contributed by atoms with Gasteiger partial charge in [-0.1, -0.05) is 72.8 Å². The molecule has 26 heavy (non-hydrogen) atoms. The SMILES string of the molecule is COc1ccccc1-c1cn(Cc2ccccc2)c(-c2ccccc2)n1. The van der Waals surface area contributed by atoms with E-state index in [4.69, 9.17) is 9.72 Å². The third-order valence-corrected chi connectivity index (χ3v) is 4.39. The van der Waals surface area contributed by atoms with Crippen LogP contribution in [-0.2, 0) is 6.54 Å². The van der Waals surface area contributed by atoms with Crippen LogP contribution in [0.5, 0.6) is 5.75 Å². The molecular weight excluding hydrogens is 320 g/mol. The van der Waals surface area contributed by atoms with Gasteiger partial charge in [0.05, 0.1) is 12.8 Å². The lowest BCUT2D eigenvalue weighted by molar-refractivity contribution is 0.416. The normalized spacial score (nSPS) is 10.7. The van der Waals surface area contributed by atoms with Crippen molar-refractivity contribution in [2.75, 3.05) is 7.11 Å². The topological polar surface area (TPSA) is 27.1 Å². The number of methoxy groups -OCH3 is 1. The van der Waals surface area contributed by atoms with Crippen LogP contribution in [0.1, 0.15) is 5.56 Å². The average Bonchev–Trinajstić information content (AvgIpc) is 3.13. The summed E-state index contributed by atoms with van der Waals surface area (Å²) in [6.07, 6.45) is 2.10. The minimum atomic E-state index is 0.771. The Morgan fingerprint density at radius 3 is 2.19 bits per heavy atom. The fraction of sp³-hybridized carbons (Fsp3) is 0.0870. The van der Waals surface area contributed by atoms with E-state index in [2.05, 4.69) is 47.2 Å². The number of hydrogen-bond acceptors (Lipinski definition) is 2. The van der Waals surface area contributed by atoms with Gasteiger partial charge in [-0.05, 0) is 17.7 Å². The Kier molecular flexibility index (Phi) is 4.52. The van der Waals surface area contributed by atoms with Crippen molar-refractivity contribution in [2.24, 2.45) is 0 Å². The van der Waals surface area contributed by atoms with Crippen molar-refractivity contribution in [1.29, 1.82) is 0 Å². The largest absolute Gasteiger partial charge is 0.496 e. The first-order valence-electron chi connectivity index (χ1n) is 8.65. The smallest absolute Gasteiger partial charge is 0.140 e. The molecule has 4 rings (SSSR count). The highest BCUT2D eigenvalue weighted by atomic mass is 16.5. The lowest BCUT2D eigenvalue weighted by Gasteiger charge is -2.07. The predicted molar refractivity (Wildman–Crippen MR) is 105 cm³/mol. The average molecular weight is 340 g/mol. The quantitative estimate of drug-likeness (QED) is 0.494. The molecule has 1 aromatic heterocycles. The Morgan fingerprint density at radius 2 is 1.46 bits per heavy atom. The molecule has 0 fully saturated rings. The maximum absolute atomic E-state index is 5.52. The lowest BCUT2D eigenvalue weighted by Crippen LogP contribution is -2.00. The molecule has 0 aliphatic carbocycles. The lowest BCUT2D eigenvalue weighted by atomic mass is 10.1. The van der Waals surface area contributed by atoms with E-state index in [1.54, 1.807) is 7.11 Å². The first kappa shape index (κ1) is 16.2. The molecule has 0 saturated carbocycles. The highest BCUT2D eigenvalue weighted by molar-refractivity contribution is 5.70. The molecule has 0 atom stereocenters. The van der Waals surface area contributed by atoms with E-state index in [0.29, 0.717) is 0 Å². The monoisotopic (exact) mass is 340 g/mol. The molecule has 0 saturated heterocycles. The number of para-hydroxylation sites is 1. The van der Waals surface area contributed by atoms with Crippen LogP contribution in [-0.4, -0.2) is 16.7 Å². The summed E-state index contributed by atoms with van der Waals surface area (Å²) in [7, 11) is 1.69. The maximum atomic E-state index is 5.52. The summed E-state index contributed by atoms with van der Waals surface area (Å²) >= 11 is 0. The van der Waals surface area contributed by atoms with Gasteiger partial charge in [-0.25, -0.2) is 4.98 Å². The summed E-state index contributed by atoms with van der Waals surface area (Å²) in [4.78, 5) is 4.94. The number of ether oxygens (including phenoxy) is 1. The molecule has 3 aromatic carbocycles. The van der Waals surface area contributed by atoms with E-state index in [0.717, 1.165) is 34.9 Å². The van der Waals surface area contributed by atoms with Crippen LogP contribution >= 0.6 is 0 Å². The van der Waals surface area contributed by atoms with Gasteiger partial charge < -0.3 is 9.30 Å². The number of benzene rings is 3. The molecule has 0 aliphatic rings. The second-order valence-corrected chi connectivity index (χ2v) is 6.13. The first-order chi connectivity index (χ1) is 12.8. The third kappa shape index (κ3) is 3.24. The van der Waals surface area contributed by atoms with Crippen LogP contribution < -0.4 is 4.74 Å². The number of imidazole rings is 1. The van der Waals surface area contributed by atoms with Crippen LogP contribution in [0.15, 0.2) is 91.1 Å². The van der Waals surface area contributed by atoms with Crippen molar-refractivity contribution in [3.05, 3.63) is 96.7 Å². The van der Waals surface area contributed by atoms with E-state index in [1.165, 1.54) is 5.56 Å². The molecule has 0 unspecified atom stereocenters. The van der Waals surface area contributed by atoms with Gasteiger partial charge in [-0.2, -0.15) is 0 Å². The number of nitrogens with zero attached hydrogens (tertiary/aromatic N) is 2. The summed E-state index contributed by atoms with van der Waals surface area (Å²) in [6, 6.07) is 28.7. The third-order valence-electron chi connectivity index (χ3n) is 4.39. The fourth-order valence-corrected chi connectivity index (χ4v) is 3.12. The molecule has 3 nitrogen and oxygen atoms in total. The Hall–Kier alpha value is -3.33. The Labute approximate surface area is 153 Å². The van der Waals surface area contributed by atoms with Gasteiger partial charge in [0.1, 0.15) is 11.6 Å². The molecule has 0 amide bonds. The molecule has 0 aliphatic heterocycles. The molecular formula is C23H20N2O. The van der Waals surface area contributed by atoms with Crippen molar-refractivity contribution >= 4 is 0 Å². The summed E-state index contributed by atoms with van der Waals surface area (Å²) in [5, 5.41) is 0. The molecule has 0 bridgehead atoms. The number of aromatic nitrogens is 2. The Morgan fingerprint density at radius 1 is 0.808 bits per heavy atom. The van der Waals surface area contributed by atoms with Gasteiger partial charge in [-0.3, -0.25) is 0 Å². The van der Waals surface area contributed by atoms with Crippen LogP contribution in [0, 0.1) is 0 Å². The summed E-state index contributed by atoms with van der Waals surface area (Å²) in [5.41, 5.74) is 4.26. The highest BCUT2D eigenvalue weighted by Crippen LogP contribution is 2.31. The fourth-order valence-electron chi connectivity index (χ4n) is 3.12. The summed E-state index contributed by atoms with van der Waals surface area (Å²) < 4.78 is 7.72. The van der Waals surface area contributed by atoms with Gasteiger partial charge in [0.15, 0.2) is 0 Å². The highest BCUT2D eigenvalue weighted by Gasteiger charge is 2.14. The van der Waals surface area contributed by atoms with Gasteiger partial charge >= 0.3 is 0 Å². The van der Waals surface area contributed by atoms with Gasteiger partial charge in [0.2, 0.25) is 0 Å². The van der Waals surface area contributed by atoms with Crippen LogP contribution in [0.4, 0.5) is 0 Å². The predicted octanol–water partition coefficient (Wildman–Crippen LogP) is 5.27. The molecule has 0 spiro atoms. The molecule has 4 aromatic rings. The van der Waals surface area contributed by atoms with Crippen LogP contribution in [0.3, 0.4) is 0 Å². The number of hydrogen-bond donors (Lipinski definition) is 0. The van der Waals surface area contributed by atoms with Crippen molar-refractivity contribution in [3.63, 3.8) is 0 Å². The van der Waals surface area contributed by atoms with Crippen LogP contribution in [0.25, 0.3) is 22.6 Å². The Balaban J connectivity index is 1.82. The van der Waals surface area contributed by atoms with Crippen LogP contribution in [0.2, 0.25) is 0 Å². The molecule has 3 heteroatoms. The van der Waals surface area contributed by atoms with E-state index in [9.17, 15) is 0 Å². The van der Waals surface area contributed by atoms with Gasteiger partial charge in [0, 0.05) is 23.9 Å². The zero-order valence-corrected chi connectivity index (χ0v) is 14.7. The minimum Gasteiger partial charge on any atom is -0.496 e. The molecule has 0 radical (unpaired) electrons. The van der Waals surface area contributed by atoms with Gasteiger partial charge in [-0.15, -0.1) is 0 Å². The van der Waals surface area contributed by atoms with E-state index < -0.39 is 0 Å². The maximum Gasteiger partial charge on any atom is 0.140 e. The van der Waals surface area contributed by atoms with Crippen molar-refractivity contribution in [3.8, 4) is 28.4 Å². The first-order valence-corrected chi connectivity index (χ1v) is 8.65. The molecule has 1 heterocycles. The Bertz CT molecular complexity index is 991. The van der Waals surface area contributed by atoms with Crippen molar-refractivity contribution < 1.29 is 4.74 Å². The zero-order valence-electron chi connectivity index (χ0n) is 14.7. The zero-order chi connectivity index (χ0) is 17.8. The van der Waals surface area contributed by atoms with Crippen molar-refractivity contribution in [2.45, 2.75) is 6.54 Å². The standard InChI is InChI=1S/C23H20N2O/c1-26-22-15-9-8-14-20(22)21-17-25(16-18-10-4-2-5-11-18)23(24-21)19-12-6-3-7-13-19/h2-15,17H,16H2,1H3. The summed E-state index contributed by atoms with van der Waals surface area (Å²) in [5.74, 6) is 1.78. The van der Waals surface area contributed by atoms with E-state index >= 15 is 0 Å². The molecule has 0 N–H and O–H groups in total. The summed E-state index contributed by atoms with van der Waals surface area (Å²) in [6.45, 7) is 0.771.